The maximum Gasteiger partial charge on any atom is 0.238 e. The Bertz CT molecular complexity index is 494. The van der Waals surface area contributed by atoms with Gasteiger partial charge in [-0.3, -0.25) is 9.69 Å². The molecule has 21 heavy (non-hydrogen) atoms. The van der Waals surface area contributed by atoms with Gasteiger partial charge in [-0.05, 0) is 44.5 Å². The SMILES string of the molecule is NCCC1CCCCN1CC(=O)Nc1ccc(F)cc1F. The molecule has 1 aliphatic heterocycles. The van der Waals surface area contributed by atoms with E-state index in [1.807, 2.05) is 0 Å². The summed E-state index contributed by atoms with van der Waals surface area (Å²) in [5.74, 6) is -1.71. The lowest BCUT2D eigenvalue weighted by molar-refractivity contribution is -0.118. The molecular weight excluding hydrogens is 276 g/mol. The molecule has 1 aromatic rings. The smallest absolute Gasteiger partial charge is 0.238 e. The molecule has 0 spiro atoms. The number of hydrogen-bond donors (Lipinski definition) is 2. The Balaban J connectivity index is 1.93. The fourth-order valence-electron chi connectivity index (χ4n) is 2.75. The number of halogens is 2. The van der Waals surface area contributed by atoms with Crippen molar-refractivity contribution in [2.45, 2.75) is 31.7 Å². The van der Waals surface area contributed by atoms with Crippen molar-refractivity contribution >= 4 is 11.6 Å². The van der Waals surface area contributed by atoms with Gasteiger partial charge in [0, 0.05) is 12.1 Å². The highest BCUT2D eigenvalue weighted by Crippen LogP contribution is 2.20. The van der Waals surface area contributed by atoms with Gasteiger partial charge in [0.05, 0.1) is 12.2 Å². The number of amides is 1. The van der Waals surface area contributed by atoms with E-state index in [1.54, 1.807) is 0 Å². The third-order valence-electron chi connectivity index (χ3n) is 3.80. The number of nitrogens with one attached hydrogen (secondary N) is 1. The zero-order chi connectivity index (χ0) is 15.2. The highest BCUT2D eigenvalue weighted by atomic mass is 19.1. The van der Waals surface area contributed by atoms with E-state index in [1.165, 1.54) is 6.07 Å². The molecule has 6 heteroatoms. The molecule has 0 saturated carbocycles. The Morgan fingerprint density at radius 3 is 2.90 bits per heavy atom. The van der Waals surface area contributed by atoms with Crippen molar-refractivity contribution in [1.82, 2.24) is 4.90 Å². The molecule has 0 bridgehead atoms. The summed E-state index contributed by atoms with van der Waals surface area (Å²) < 4.78 is 26.3. The summed E-state index contributed by atoms with van der Waals surface area (Å²) in [6.45, 7) is 1.65. The van der Waals surface area contributed by atoms with Crippen LogP contribution in [0.3, 0.4) is 0 Å². The van der Waals surface area contributed by atoms with Gasteiger partial charge in [0.15, 0.2) is 0 Å². The molecule has 0 aliphatic carbocycles. The van der Waals surface area contributed by atoms with Crippen molar-refractivity contribution < 1.29 is 13.6 Å². The number of nitrogens with zero attached hydrogens (tertiary/aromatic N) is 1. The van der Waals surface area contributed by atoms with Gasteiger partial charge in [-0.2, -0.15) is 0 Å². The number of carbonyl (C=O) groups excluding carboxylic acids is 1. The summed E-state index contributed by atoms with van der Waals surface area (Å²) in [7, 11) is 0. The Hall–Kier alpha value is -1.53. The molecule has 1 fully saturated rings. The lowest BCUT2D eigenvalue weighted by Gasteiger charge is -2.35. The van der Waals surface area contributed by atoms with Crippen molar-refractivity contribution in [2.75, 3.05) is 25.0 Å². The third-order valence-corrected chi connectivity index (χ3v) is 3.80. The number of carbonyl (C=O) groups is 1. The Morgan fingerprint density at radius 2 is 2.19 bits per heavy atom. The van der Waals surface area contributed by atoms with Crippen LogP contribution in [0.2, 0.25) is 0 Å². The summed E-state index contributed by atoms with van der Waals surface area (Å²) in [5, 5.41) is 2.49. The van der Waals surface area contributed by atoms with Crippen LogP contribution >= 0.6 is 0 Å². The highest BCUT2D eigenvalue weighted by Gasteiger charge is 2.23. The van der Waals surface area contributed by atoms with E-state index < -0.39 is 11.6 Å². The average Bonchev–Trinajstić information content (AvgIpc) is 2.44. The first-order chi connectivity index (χ1) is 10.1. The first kappa shape index (κ1) is 15.9. The third kappa shape index (κ3) is 4.47. The highest BCUT2D eigenvalue weighted by molar-refractivity contribution is 5.92. The molecule has 0 aromatic heterocycles. The summed E-state index contributed by atoms with van der Waals surface area (Å²) in [6, 6.07) is 3.42. The largest absolute Gasteiger partial charge is 0.330 e. The van der Waals surface area contributed by atoms with E-state index in [-0.39, 0.29) is 18.1 Å². The molecule has 4 nitrogen and oxygen atoms in total. The molecule has 116 valence electrons. The van der Waals surface area contributed by atoms with Gasteiger partial charge in [-0.15, -0.1) is 0 Å². The lowest BCUT2D eigenvalue weighted by Crippen LogP contribution is -2.44. The monoisotopic (exact) mass is 297 g/mol. The van der Waals surface area contributed by atoms with E-state index in [9.17, 15) is 13.6 Å². The number of hydrogen-bond acceptors (Lipinski definition) is 3. The molecular formula is C15H21F2N3O. The molecule has 0 radical (unpaired) electrons. The van der Waals surface area contributed by atoms with Crippen LogP contribution in [0.4, 0.5) is 14.5 Å². The Labute approximate surface area is 123 Å². The number of benzene rings is 1. The summed E-state index contributed by atoms with van der Waals surface area (Å²) in [6.07, 6.45) is 4.10. The van der Waals surface area contributed by atoms with Crippen LogP contribution in [0.15, 0.2) is 18.2 Å². The molecule has 1 atom stereocenters. The second-order valence-electron chi connectivity index (χ2n) is 5.37. The fraction of sp³-hybridized carbons (Fsp3) is 0.533. The normalized spacial score (nSPS) is 19.5. The van der Waals surface area contributed by atoms with Crippen LogP contribution in [-0.4, -0.2) is 36.5 Å². The summed E-state index contributed by atoms with van der Waals surface area (Å²) in [5.41, 5.74) is 5.61. The zero-order valence-corrected chi connectivity index (χ0v) is 11.9. The van der Waals surface area contributed by atoms with E-state index in [0.717, 1.165) is 44.4 Å². The van der Waals surface area contributed by atoms with Crippen molar-refractivity contribution in [1.29, 1.82) is 0 Å². The standard InChI is InChI=1S/C15H21F2N3O/c16-11-4-5-14(13(17)9-11)19-15(21)10-20-8-2-1-3-12(20)6-7-18/h4-5,9,12H,1-3,6-8,10,18H2,(H,19,21). The maximum absolute atomic E-state index is 13.5. The van der Waals surface area contributed by atoms with Crippen molar-refractivity contribution in [3.63, 3.8) is 0 Å². The minimum absolute atomic E-state index is 0.00813. The van der Waals surface area contributed by atoms with E-state index in [0.29, 0.717) is 12.6 Å². The van der Waals surface area contributed by atoms with E-state index >= 15 is 0 Å². The average molecular weight is 297 g/mol. The zero-order valence-electron chi connectivity index (χ0n) is 11.9. The van der Waals surface area contributed by atoms with Gasteiger partial charge in [-0.25, -0.2) is 8.78 Å². The van der Waals surface area contributed by atoms with Crippen LogP contribution in [0.25, 0.3) is 0 Å². The molecule has 3 N–H and O–H groups in total. The summed E-state index contributed by atoms with van der Waals surface area (Å²) >= 11 is 0. The Morgan fingerprint density at radius 1 is 1.38 bits per heavy atom. The minimum Gasteiger partial charge on any atom is -0.330 e. The van der Waals surface area contributed by atoms with Gasteiger partial charge >= 0.3 is 0 Å². The second-order valence-corrected chi connectivity index (χ2v) is 5.37. The molecule has 1 heterocycles. The lowest BCUT2D eigenvalue weighted by atomic mass is 9.99. The molecule has 1 amide bonds. The van der Waals surface area contributed by atoms with Crippen molar-refractivity contribution in [2.24, 2.45) is 5.73 Å². The fourth-order valence-corrected chi connectivity index (χ4v) is 2.75. The second kappa shape index (κ2) is 7.47. The van der Waals surface area contributed by atoms with Crippen LogP contribution < -0.4 is 11.1 Å². The number of piperidine rings is 1. The van der Waals surface area contributed by atoms with Gasteiger partial charge in [0.25, 0.3) is 0 Å². The molecule has 1 aromatic carbocycles. The van der Waals surface area contributed by atoms with Crippen LogP contribution in [0.1, 0.15) is 25.7 Å². The minimum atomic E-state index is -0.763. The quantitative estimate of drug-likeness (QED) is 0.875. The van der Waals surface area contributed by atoms with Crippen LogP contribution in [-0.2, 0) is 4.79 Å². The topological polar surface area (TPSA) is 58.4 Å². The van der Waals surface area contributed by atoms with Gasteiger partial charge in [0.2, 0.25) is 5.91 Å². The molecule has 1 unspecified atom stereocenters. The maximum atomic E-state index is 13.5. The first-order valence-corrected chi connectivity index (χ1v) is 7.29. The molecule has 1 aliphatic rings. The summed E-state index contributed by atoms with van der Waals surface area (Å²) in [4.78, 5) is 14.1. The Kier molecular flexibility index (Phi) is 5.64. The van der Waals surface area contributed by atoms with Gasteiger partial charge < -0.3 is 11.1 Å². The predicted octanol–water partition coefficient (Wildman–Crippen LogP) is 2.11. The van der Waals surface area contributed by atoms with Gasteiger partial charge in [0.1, 0.15) is 11.6 Å². The molecule has 2 rings (SSSR count). The number of likely N-dealkylation sites (tertiary alicyclic amines) is 1. The number of anilines is 1. The van der Waals surface area contributed by atoms with Crippen LogP contribution in [0, 0.1) is 11.6 Å². The van der Waals surface area contributed by atoms with E-state index in [2.05, 4.69) is 10.2 Å². The van der Waals surface area contributed by atoms with Gasteiger partial charge in [-0.1, -0.05) is 6.42 Å². The van der Waals surface area contributed by atoms with Crippen molar-refractivity contribution in [3.05, 3.63) is 29.8 Å². The van der Waals surface area contributed by atoms with Crippen LogP contribution in [0.5, 0.6) is 0 Å². The number of rotatable bonds is 5. The predicted molar refractivity (Wildman–Crippen MR) is 77.9 cm³/mol. The number of nitrogens with two attached hydrogens (primary N) is 1. The first-order valence-electron chi connectivity index (χ1n) is 7.29. The van der Waals surface area contributed by atoms with Crippen molar-refractivity contribution in [3.8, 4) is 0 Å². The molecule has 1 saturated heterocycles. The van der Waals surface area contributed by atoms with E-state index in [4.69, 9.17) is 5.73 Å².